The van der Waals surface area contributed by atoms with Crippen LogP contribution in [0.2, 0.25) is 0 Å². The van der Waals surface area contributed by atoms with E-state index in [0.717, 1.165) is 22.4 Å². The molecule has 0 aliphatic carbocycles. The molecular formula is C18H19N3O. The molecular weight excluding hydrogens is 274 g/mol. The van der Waals surface area contributed by atoms with Crippen LogP contribution < -0.4 is 0 Å². The van der Waals surface area contributed by atoms with E-state index in [1.165, 1.54) is 0 Å². The molecule has 1 aromatic heterocycles. The Morgan fingerprint density at radius 2 is 1.73 bits per heavy atom. The van der Waals surface area contributed by atoms with Gasteiger partial charge in [-0.3, -0.25) is 4.79 Å². The van der Waals surface area contributed by atoms with Crippen molar-refractivity contribution in [2.45, 2.75) is 13.8 Å². The van der Waals surface area contributed by atoms with Crippen molar-refractivity contribution in [3.63, 3.8) is 0 Å². The largest absolute Gasteiger partial charge is 0.339 e. The SMILES string of the molecule is CCN(CC)C(=O)c1ccccc1-c1nc2ccccc2[nH]1. The summed E-state index contributed by atoms with van der Waals surface area (Å²) < 4.78 is 0. The number of benzene rings is 2. The molecule has 0 radical (unpaired) electrons. The van der Waals surface area contributed by atoms with E-state index in [4.69, 9.17) is 0 Å². The van der Waals surface area contributed by atoms with E-state index in [9.17, 15) is 4.79 Å². The van der Waals surface area contributed by atoms with Gasteiger partial charge in [0.15, 0.2) is 0 Å². The number of nitrogens with one attached hydrogen (secondary N) is 1. The van der Waals surface area contributed by atoms with Gasteiger partial charge in [0.2, 0.25) is 0 Å². The summed E-state index contributed by atoms with van der Waals surface area (Å²) in [5.41, 5.74) is 3.41. The molecule has 4 heteroatoms. The van der Waals surface area contributed by atoms with Crippen molar-refractivity contribution in [1.82, 2.24) is 14.9 Å². The average molecular weight is 293 g/mol. The van der Waals surface area contributed by atoms with Gasteiger partial charge in [0, 0.05) is 18.7 Å². The van der Waals surface area contributed by atoms with Gasteiger partial charge in [-0.15, -0.1) is 0 Å². The summed E-state index contributed by atoms with van der Waals surface area (Å²) in [6.07, 6.45) is 0. The van der Waals surface area contributed by atoms with Gasteiger partial charge >= 0.3 is 0 Å². The van der Waals surface area contributed by atoms with Gasteiger partial charge in [0.05, 0.1) is 16.6 Å². The summed E-state index contributed by atoms with van der Waals surface area (Å²) in [5.74, 6) is 0.776. The van der Waals surface area contributed by atoms with Crippen molar-refractivity contribution >= 4 is 16.9 Å². The minimum atomic E-state index is 0.0426. The minimum Gasteiger partial charge on any atom is -0.339 e. The first-order valence-corrected chi connectivity index (χ1v) is 7.58. The highest BCUT2D eigenvalue weighted by atomic mass is 16.2. The van der Waals surface area contributed by atoms with Crippen molar-refractivity contribution in [2.24, 2.45) is 0 Å². The molecule has 0 saturated carbocycles. The summed E-state index contributed by atoms with van der Waals surface area (Å²) in [7, 11) is 0. The Hall–Kier alpha value is -2.62. The Labute approximate surface area is 129 Å². The molecule has 4 nitrogen and oxygen atoms in total. The third-order valence-electron chi connectivity index (χ3n) is 3.85. The van der Waals surface area contributed by atoms with Crippen molar-refractivity contribution < 1.29 is 4.79 Å². The number of rotatable bonds is 4. The van der Waals surface area contributed by atoms with Gasteiger partial charge in [-0.2, -0.15) is 0 Å². The Balaban J connectivity index is 2.09. The lowest BCUT2D eigenvalue weighted by molar-refractivity contribution is 0.0773. The first-order valence-electron chi connectivity index (χ1n) is 7.58. The average Bonchev–Trinajstić information content (AvgIpc) is 2.99. The maximum Gasteiger partial charge on any atom is 0.254 e. The number of carbonyl (C=O) groups is 1. The highest BCUT2D eigenvalue weighted by Gasteiger charge is 2.18. The second kappa shape index (κ2) is 6.02. The van der Waals surface area contributed by atoms with E-state index < -0.39 is 0 Å². The standard InChI is InChI=1S/C18H19N3O/c1-3-21(4-2)18(22)14-10-6-5-9-13(14)17-19-15-11-7-8-12-16(15)20-17/h5-12H,3-4H2,1-2H3,(H,19,20). The predicted molar refractivity (Wildman–Crippen MR) is 88.8 cm³/mol. The summed E-state index contributed by atoms with van der Waals surface area (Å²) in [4.78, 5) is 22.4. The molecule has 0 saturated heterocycles. The van der Waals surface area contributed by atoms with E-state index >= 15 is 0 Å². The third kappa shape index (κ3) is 2.48. The third-order valence-corrected chi connectivity index (χ3v) is 3.85. The molecule has 0 atom stereocenters. The number of hydrogen-bond acceptors (Lipinski definition) is 2. The Kier molecular flexibility index (Phi) is 3.92. The number of imidazole rings is 1. The monoisotopic (exact) mass is 293 g/mol. The fourth-order valence-corrected chi connectivity index (χ4v) is 2.64. The number of para-hydroxylation sites is 2. The second-order valence-electron chi connectivity index (χ2n) is 5.13. The quantitative estimate of drug-likeness (QED) is 0.797. The van der Waals surface area contributed by atoms with Gasteiger partial charge < -0.3 is 9.88 Å². The summed E-state index contributed by atoms with van der Waals surface area (Å²) in [5, 5.41) is 0. The second-order valence-corrected chi connectivity index (χ2v) is 5.13. The van der Waals surface area contributed by atoms with Crippen LogP contribution in [0.4, 0.5) is 0 Å². The molecule has 1 amide bonds. The Morgan fingerprint density at radius 1 is 1.05 bits per heavy atom. The number of hydrogen-bond donors (Lipinski definition) is 1. The van der Waals surface area contributed by atoms with Gasteiger partial charge in [-0.1, -0.05) is 30.3 Å². The van der Waals surface area contributed by atoms with Crippen molar-refractivity contribution in [1.29, 1.82) is 0 Å². The first kappa shape index (κ1) is 14.3. The number of aromatic amines is 1. The molecule has 112 valence electrons. The lowest BCUT2D eigenvalue weighted by Crippen LogP contribution is -2.30. The lowest BCUT2D eigenvalue weighted by atomic mass is 10.1. The molecule has 1 N–H and O–H groups in total. The van der Waals surface area contributed by atoms with E-state index in [2.05, 4.69) is 9.97 Å². The number of fused-ring (bicyclic) bond motifs is 1. The fourth-order valence-electron chi connectivity index (χ4n) is 2.64. The molecule has 3 rings (SSSR count). The molecule has 0 aliphatic heterocycles. The van der Waals surface area contributed by atoms with Crippen LogP contribution in [0, 0.1) is 0 Å². The van der Waals surface area contributed by atoms with E-state index in [1.807, 2.05) is 67.3 Å². The summed E-state index contributed by atoms with van der Waals surface area (Å²) >= 11 is 0. The molecule has 22 heavy (non-hydrogen) atoms. The molecule has 0 aliphatic rings. The van der Waals surface area contributed by atoms with E-state index in [0.29, 0.717) is 18.7 Å². The topological polar surface area (TPSA) is 49.0 Å². The molecule has 0 bridgehead atoms. The van der Waals surface area contributed by atoms with Gasteiger partial charge in [-0.05, 0) is 32.0 Å². The number of nitrogens with zero attached hydrogens (tertiary/aromatic N) is 2. The number of H-pyrrole nitrogens is 1. The van der Waals surface area contributed by atoms with Gasteiger partial charge in [0.25, 0.3) is 5.91 Å². The highest BCUT2D eigenvalue weighted by molar-refractivity contribution is 6.00. The van der Waals surface area contributed by atoms with E-state index in [1.54, 1.807) is 0 Å². The van der Waals surface area contributed by atoms with Gasteiger partial charge in [-0.25, -0.2) is 4.98 Å². The maximum absolute atomic E-state index is 12.7. The number of amides is 1. The van der Waals surface area contributed by atoms with Gasteiger partial charge in [0.1, 0.15) is 5.82 Å². The maximum atomic E-state index is 12.7. The molecule has 3 aromatic rings. The van der Waals surface area contributed by atoms with Crippen molar-refractivity contribution in [3.8, 4) is 11.4 Å². The lowest BCUT2D eigenvalue weighted by Gasteiger charge is -2.19. The van der Waals surface area contributed by atoms with Crippen LogP contribution in [0.1, 0.15) is 24.2 Å². The molecule has 0 unspecified atom stereocenters. The molecule has 0 fully saturated rings. The summed E-state index contributed by atoms with van der Waals surface area (Å²) in [6, 6.07) is 15.5. The normalized spacial score (nSPS) is 10.8. The zero-order valence-electron chi connectivity index (χ0n) is 12.8. The van der Waals surface area contributed by atoms with Crippen LogP contribution in [0.5, 0.6) is 0 Å². The van der Waals surface area contributed by atoms with Crippen LogP contribution in [-0.4, -0.2) is 33.9 Å². The number of carbonyl (C=O) groups excluding carboxylic acids is 1. The fraction of sp³-hybridized carbons (Fsp3) is 0.222. The molecule has 2 aromatic carbocycles. The minimum absolute atomic E-state index is 0.0426. The summed E-state index contributed by atoms with van der Waals surface area (Å²) in [6.45, 7) is 5.38. The van der Waals surface area contributed by atoms with Crippen LogP contribution in [0.3, 0.4) is 0 Å². The Bertz CT molecular complexity index is 770. The zero-order chi connectivity index (χ0) is 15.5. The van der Waals surface area contributed by atoms with Crippen LogP contribution in [0.25, 0.3) is 22.4 Å². The van der Waals surface area contributed by atoms with Crippen LogP contribution in [-0.2, 0) is 0 Å². The number of aromatic nitrogens is 2. The van der Waals surface area contributed by atoms with Crippen molar-refractivity contribution in [2.75, 3.05) is 13.1 Å². The zero-order valence-corrected chi connectivity index (χ0v) is 12.8. The van der Waals surface area contributed by atoms with Crippen molar-refractivity contribution in [3.05, 3.63) is 54.1 Å². The smallest absolute Gasteiger partial charge is 0.254 e. The first-order chi connectivity index (χ1) is 10.7. The van der Waals surface area contributed by atoms with Crippen LogP contribution >= 0.6 is 0 Å². The highest BCUT2D eigenvalue weighted by Crippen LogP contribution is 2.24. The molecule has 0 spiro atoms. The Morgan fingerprint density at radius 3 is 2.45 bits per heavy atom. The predicted octanol–water partition coefficient (Wildman–Crippen LogP) is 3.71. The van der Waals surface area contributed by atoms with Crippen LogP contribution in [0.15, 0.2) is 48.5 Å². The molecule has 1 heterocycles. The van der Waals surface area contributed by atoms with E-state index in [-0.39, 0.29) is 5.91 Å².